The third-order valence-corrected chi connectivity index (χ3v) is 3.46. The normalized spacial score (nSPS) is 11.6. The maximum absolute atomic E-state index is 12.5. The third kappa shape index (κ3) is 3.18. The summed E-state index contributed by atoms with van der Waals surface area (Å²) in [4.78, 5) is 12.2. The molecule has 0 radical (unpaired) electrons. The number of H-pyrrole nitrogens is 1. The van der Waals surface area contributed by atoms with E-state index in [4.69, 9.17) is 0 Å². The summed E-state index contributed by atoms with van der Waals surface area (Å²) in [5.41, 5.74) is 0.933. The fourth-order valence-corrected chi connectivity index (χ4v) is 2.25. The first-order chi connectivity index (χ1) is 10.9. The number of hydrogen-bond acceptors (Lipinski definition) is 2. The van der Waals surface area contributed by atoms with Crippen molar-refractivity contribution in [1.82, 2.24) is 15.5 Å². The summed E-state index contributed by atoms with van der Waals surface area (Å²) in [7, 11) is 0. The Kier molecular flexibility index (Phi) is 3.77. The molecule has 7 heteroatoms. The minimum Gasteiger partial charge on any atom is -0.348 e. The number of nitrogens with one attached hydrogen (secondary N) is 2. The predicted molar refractivity (Wildman–Crippen MR) is 78.7 cm³/mol. The van der Waals surface area contributed by atoms with Gasteiger partial charge in [0, 0.05) is 11.9 Å². The SMILES string of the molecule is O=C(NCc1ccc(C(F)(F)F)cc1)c1cccc2cn[nH]c12. The molecule has 3 aromatic rings. The molecule has 0 unspecified atom stereocenters. The van der Waals surface area contributed by atoms with Gasteiger partial charge in [-0.05, 0) is 23.8 Å². The van der Waals surface area contributed by atoms with Crippen molar-refractivity contribution in [3.05, 3.63) is 65.4 Å². The summed E-state index contributed by atoms with van der Waals surface area (Å²) in [6, 6.07) is 9.91. The van der Waals surface area contributed by atoms with Gasteiger partial charge >= 0.3 is 6.18 Å². The Labute approximate surface area is 129 Å². The van der Waals surface area contributed by atoms with Crippen LogP contribution in [0, 0.1) is 0 Å². The predicted octanol–water partition coefficient (Wildman–Crippen LogP) is 3.51. The number of halogens is 3. The van der Waals surface area contributed by atoms with Gasteiger partial charge in [-0.25, -0.2) is 0 Å². The van der Waals surface area contributed by atoms with Crippen molar-refractivity contribution in [2.45, 2.75) is 12.7 Å². The number of hydrogen-bond donors (Lipinski definition) is 2. The number of aromatic nitrogens is 2. The molecule has 0 saturated heterocycles. The molecule has 0 bridgehead atoms. The highest BCUT2D eigenvalue weighted by molar-refractivity contribution is 6.05. The van der Waals surface area contributed by atoms with Gasteiger partial charge in [-0.3, -0.25) is 9.89 Å². The molecule has 1 amide bonds. The van der Waals surface area contributed by atoms with Gasteiger partial charge in [0.25, 0.3) is 5.91 Å². The quantitative estimate of drug-likeness (QED) is 0.776. The first-order valence-corrected chi connectivity index (χ1v) is 6.81. The monoisotopic (exact) mass is 319 g/mol. The summed E-state index contributed by atoms with van der Waals surface area (Å²) >= 11 is 0. The summed E-state index contributed by atoms with van der Waals surface area (Å²) in [5, 5.41) is 10.1. The largest absolute Gasteiger partial charge is 0.416 e. The number of aromatic amines is 1. The van der Waals surface area contributed by atoms with E-state index in [2.05, 4.69) is 15.5 Å². The van der Waals surface area contributed by atoms with Crippen LogP contribution in [0.1, 0.15) is 21.5 Å². The van der Waals surface area contributed by atoms with E-state index in [1.165, 1.54) is 12.1 Å². The number of alkyl halides is 3. The smallest absolute Gasteiger partial charge is 0.348 e. The maximum atomic E-state index is 12.5. The van der Waals surface area contributed by atoms with Gasteiger partial charge in [0.1, 0.15) is 0 Å². The summed E-state index contributed by atoms with van der Waals surface area (Å²) < 4.78 is 37.5. The molecule has 1 aromatic heterocycles. The van der Waals surface area contributed by atoms with E-state index in [9.17, 15) is 18.0 Å². The van der Waals surface area contributed by atoms with E-state index in [0.29, 0.717) is 16.6 Å². The minimum atomic E-state index is -4.36. The molecule has 118 valence electrons. The fraction of sp³-hybridized carbons (Fsp3) is 0.125. The number of benzene rings is 2. The van der Waals surface area contributed by atoms with E-state index >= 15 is 0 Å². The van der Waals surface area contributed by atoms with E-state index in [1.807, 2.05) is 6.07 Å². The Balaban J connectivity index is 1.71. The zero-order valence-electron chi connectivity index (χ0n) is 11.8. The number of fused-ring (bicyclic) bond motifs is 1. The Bertz CT molecular complexity index is 838. The van der Waals surface area contributed by atoms with Gasteiger partial charge in [0.2, 0.25) is 0 Å². The van der Waals surface area contributed by atoms with E-state index in [1.54, 1.807) is 18.3 Å². The van der Waals surface area contributed by atoms with Gasteiger partial charge in [-0.15, -0.1) is 0 Å². The lowest BCUT2D eigenvalue weighted by molar-refractivity contribution is -0.137. The fourth-order valence-electron chi connectivity index (χ4n) is 2.25. The molecule has 0 spiro atoms. The Morgan fingerprint density at radius 3 is 2.57 bits per heavy atom. The van der Waals surface area contributed by atoms with Crippen molar-refractivity contribution < 1.29 is 18.0 Å². The van der Waals surface area contributed by atoms with Gasteiger partial charge in [0.15, 0.2) is 0 Å². The second kappa shape index (κ2) is 5.75. The van der Waals surface area contributed by atoms with Crippen molar-refractivity contribution in [3.63, 3.8) is 0 Å². The van der Waals surface area contributed by atoms with Crippen LogP contribution >= 0.6 is 0 Å². The van der Waals surface area contributed by atoms with Crippen molar-refractivity contribution in [2.24, 2.45) is 0 Å². The second-order valence-electron chi connectivity index (χ2n) is 5.02. The van der Waals surface area contributed by atoms with Crippen LogP contribution in [0.3, 0.4) is 0 Å². The third-order valence-electron chi connectivity index (χ3n) is 3.46. The molecule has 0 fully saturated rings. The topological polar surface area (TPSA) is 57.8 Å². The Morgan fingerprint density at radius 1 is 1.13 bits per heavy atom. The molecule has 23 heavy (non-hydrogen) atoms. The van der Waals surface area contributed by atoms with E-state index in [0.717, 1.165) is 17.5 Å². The number of rotatable bonds is 3. The highest BCUT2D eigenvalue weighted by Crippen LogP contribution is 2.29. The van der Waals surface area contributed by atoms with E-state index in [-0.39, 0.29) is 12.5 Å². The molecule has 1 heterocycles. The van der Waals surface area contributed by atoms with Crippen LogP contribution in [0.15, 0.2) is 48.7 Å². The lowest BCUT2D eigenvalue weighted by Crippen LogP contribution is -2.23. The molecular formula is C16H12F3N3O. The van der Waals surface area contributed by atoms with Gasteiger partial charge in [-0.1, -0.05) is 24.3 Å². The average molecular weight is 319 g/mol. The van der Waals surface area contributed by atoms with Crippen LogP contribution in [0.25, 0.3) is 10.9 Å². The molecule has 2 N–H and O–H groups in total. The minimum absolute atomic E-state index is 0.140. The number of amides is 1. The summed E-state index contributed by atoms with van der Waals surface area (Å²) in [5.74, 6) is -0.320. The van der Waals surface area contributed by atoms with Gasteiger partial charge < -0.3 is 5.32 Å². The molecule has 2 aromatic carbocycles. The molecule has 0 atom stereocenters. The van der Waals surface area contributed by atoms with Crippen LogP contribution in [-0.4, -0.2) is 16.1 Å². The van der Waals surface area contributed by atoms with Gasteiger partial charge in [-0.2, -0.15) is 18.3 Å². The Morgan fingerprint density at radius 2 is 1.87 bits per heavy atom. The molecule has 0 saturated carbocycles. The van der Waals surface area contributed by atoms with E-state index < -0.39 is 11.7 Å². The molecule has 3 rings (SSSR count). The standard InChI is InChI=1S/C16H12F3N3O/c17-16(18,19)12-6-4-10(5-7-12)8-20-15(23)13-3-1-2-11-9-21-22-14(11)13/h1-7,9H,8H2,(H,20,23)(H,21,22). The van der Waals surface area contributed by atoms with Crippen LogP contribution in [0.5, 0.6) is 0 Å². The highest BCUT2D eigenvalue weighted by atomic mass is 19.4. The van der Waals surface area contributed by atoms with Crippen LogP contribution < -0.4 is 5.32 Å². The number of para-hydroxylation sites is 1. The van der Waals surface area contributed by atoms with Crippen LogP contribution in [0.2, 0.25) is 0 Å². The van der Waals surface area contributed by atoms with Crippen molar-refractivity contribution in [1.29, 1.82) is 0 Å². The average Bonchev–Trinajstić information content (AvgIpc) is 3.00. The molecular weight excluding hydrogens is 307 g/mol. The molecule has 4 nitrogen and oxygen atoms in total. The second-order valence-corrected chi connectivity index (χ2v) is 5.02. The van der Waals surface area contributed by atoms with Crippen LogP contribution in [0.4, 0.5) is 13.2 Å². The first-order valence-electron chi connectivity index (χ1n) is 6.81. The molecule has 0 aliphatic carbocycles. The zero-order chi connectivity index (χ0) is 16.4. The lowest BCUT2D eigenvalue weighted by Gasteiger charge is -2.09. The van der Waals surface area contributed by atoms with Crippen LogP contribution in [-0.2, 0) is 12.7 Å². The number of carbonyl (C=O) groups excluding carboxylic acids is 1. The first kappa shape index (κ1) is 15.1. The Hall–Kier alpha value is -2.83. The number of nitrogens with zero attached hydrogens (tertiary/aromatic N) is 1. The maximum Gasteiger partial charge on any atom is 0.416 e. The summed E-state index contributed by atoms with van der Waals surface area (Å²) in [6.07, 6.45) is -2.75. The van der Waals surface area contributed by atoms with Crippen molar-refractivity contribution in [2.75, 3.05) is 0 Å². The zero-order valence-corrected chi connectivity index (χ0v) is 11.8. The van der Waals surface area contributed by atoms with Crippen molar-refractivity contribution >= 4 is 16.8 Å². The van der Waals surface area contributed by atoms with Crippen molar-refractivity contribution in [3.8, 4) is 0 Å². The highest BCUT2D eigenvalue weighted by Gasteiger charge is 2.29. The number of carbonyl (C=O) groups is 1. The lowest BCUT2D eigenvalue weighted by atomic mass is 10.1. The molecule has 0 aliphatic heterocycles. The molecule has 0 aliphatic rings. The van der Waals surface area contributed by atoms with Gasteiger partial charge in [0.05, 0.1) is 22.8 Å². The summed E-state index contributed by atoms with van der Waals surface area (Å²) in [6.45, 7) is 0.140.